The van der Waals surface area contributed by atoms with Crippen LogP contribution in [0, 0.1) is 18.3 Å². The summed E-state index contributed by atoms with van der Waals surface area (Å²) in [6, 6.07) is 15.1. The van der Waals surface area contributed by atoms with Crippen LogP contribution in [-0.4, -0.2) is 0 Å². The minimum atomic E-state index is 0.534. The lowest BCUT2D eigenvalue weighted by Gasteiger charge is -2.10. The van der Waals surface area contributed by atoms with Crippen molar-refractivity contribution in [3.8, 4) is 17.6 Å². The fraction of sp³-hybridized carbons (Fsp3) is 0.0714. The molecule has 0 radical (unpaired) electrons. The van der Waals surface area contributed by atoms with Gasteiger partial charge in [-0.05, 0) is 36.8 Å². The Labute approximate surface area is 109 Å². The molecule has 3 heteroatoms. The number of nitrogens with zero attached hydrogens (tertiary/aromatic N) is 1. The number of para-hydroxylation sites is 1. The predicted octanol–water partition coefficient (Wildman–Crippen LogP) is 4.42. The van der Waals surface area contributed by atoms with Crippen molar-refractivity contribution in [2.45, 2.75) is 6.92 Å². The van der Waals surface area contributed by atoms with Gasteiger partial charge >= 0.3 is 0 Å². The molecule has 0 unspecified atom stereocenters. The Balaban J connectivity index is 2.38. The topological polar surface area (TPSA) is 33.0 Å². The Bertz CT molecular complexity index is 587. The number of benzene rings is 2. The highest BCUT2D eigenvalue weighted by molar-refractivity contribution is 9.10. The van der Waals surface area contributed by atoms with E-state index in [9.17, 15) is 0 Å². The van der Waals surface area contributed by atoms with Gasteiger partial charge in [0.15, 0.2) is 0 Å². The summed E-state index contributed by atoms with van der Waals surface area (Å²) in [5.41, 5.74) is 1.56. The molecule has 0 saturated carbocycles. The van der Waals surface area contributed by atoms with Crippen LogP contribution >= 0.6 is 15.9 Å². The summed E-state index contributed by atoms with van der Waals surface area (Å²) in [7, 11) is 0. The van der Waals surface area contributed by atoms with Crippen LogP contribution in [0.4, 0.5) is 0 Å². The highest BCUT2D eigenvalue weighted by atomic mass is 79.9. The Morgan fingerprint density at radius 3 is 2.65 bits per heavy atom. The van der Waals surface area contributed by atoms with Gasteiger partial charge in [-0.2, -0.15) is 5.26 Å². The van der Waals surface area contributed by atoms with Gasteiger partial charge < -0.3 is 4.74 Å². The molecular weight excluding hydrogens is 278 g/mol. The Morgan fingerprint density at radius 2 is 1.88 bits per heavy atom. The van der Waals surface area contributed by atoms with Crippen LogP contribution in [0.1, 0.15) is 11.1 Å². The highest BCUT2D eigenvalue weighted by Crippen LogP contribution is 2.29. The second-order valence-electron chi connectivity index (χ2n) is 3.62. The van der Waals surface area contributed by atoms with Crippen molar-refractivity contribution in [2.24, 2.45) is 0 Å². The molecule has 0 N–H and O–H groups in total. The van der Waals surface area contributed by atoms with E-state index in [1.807, 2.05) is 37.3 Å². The number of aryl methyl sites for hydroxylation is 1. The lowest BCUT2D eigenvalue weighted by Crippen LogP contribution is -1.90. The van der Waals surface area contributed by atoms with Gasteiger partial charge in [0.2, 0.25) is 0 Å². The number of nitriles is 1. The average Bonchev–Trinajstić information content (AvgIpc) is 2.34. The summed E-state index contributed by atoms with van der Waals surface area (Å²) < 4.78 is 6.71. The molecule has 2 rings (SSSR count). The van der Waals surface area contributed by atoms with Crippen LogP contribution in [0.25, 0.3) is 0 Å². The number of hydrogen-bond acceptors (Lipinski definition) is 2. The van der Waals surface area contributed by atoms with Gasteiger partial charge in [-0.1, -0.05) is 34.1 Å². The molecule has 2 aromatic carbocycles. The smallest absolute Gasteiger partial charge is 0.145 e. The largest absolute Gasteiger partial charge is 0.456 e. The molecule has 0 amide bonds. The highest BCUT2D eigenvalue weighted by Gasteiger charge is 2.06. The zero-order valence-corrected chi connectivity index (χ0v) is 10.9. The van der Waals surface area contributed by atoms with Crippen molar-refractivity contribution >= 4 is 15.9 Å². The lowest BCUT2D eigenvalue weighted by atomic mass is 10.2. The molecule has 0 spiro atoms. The zero-order valence-electron chi connectivity index (χ0n) is 9.27. The molecule has 0 aliphatic carbocycles. The third-order valence-electron chi connectivity index (χ3n) is 2.38. The predicted molar refractivity (Wildman–Crippen MR) is 70.1 cm³/mol. The molecule has 2 nitrogen and oxygen atoms in total. The first-order valence-corrected chi connectivity index (χ1v) is 5.93. The summed E-state index contributed by atoms with van der Waals surface area (Å²) in [5.74, 6) is 1.33. The van der Waals surface area contributed by atoms with Crippen molar-refractivity contribution in [1.29, 1.82) is 5.26 Å². The maximum absolute atomic E-state index is 8.98. The van der Waals surface area contributed by atoms with Crippen LogP contribution in [0.5, 0.6) is 11.5 Å². The molecule has 84 valence electrons. The molecule has 0 saturated heterocycles. The van der Waals surface area contributed by atoms with Crippen LogP contribution in [0.15, 0.2) is 46.9 Å². The van der Waals surface area contributed by atoms with Crippen LogP contribution in [0.2, 0.25) is 0 Å². The van der Waals surface area contributed by atoms with E-state index in [0.29, 0.717) is 11.3 Å². The van der Waals surface area contributed by atoms with Gasteiger partial charge in [-0.15, -0.1) is 0 Å². The fourth-order valence-electron chi connectivity index (χ4n) is 1.45. The van der Waals surface area contributed by atoms with Crippen LogP contribution in [-0.2, 0) is 0 Å². The van der Waals surface area contributed by atoms with Crippen molar-refractivity contribution in [3.63, 3.8) is 0 Å². The number of hydrogen-bond donors (Lipinski definition) is 0. The molecule has 0 heterocycles. The summed E-state index contributed by atoms with van der Waals surface area (Å²) in [5, 5.41) is 8.98. The molecule has 2 aromatic rings. The standard InChI is InChI=1S/C14H10BrNO/c1-10-6-7-12(15)8-14(10)17-13-5-3-2-4-11(13)9-16/h2-8H,1H3. The summed E-state index contributed by atoms with van der Waals surface area (Å²) in [4.78, 5) is 0. The SMILES string of the molecule is Cc1ccc(Br)cc1Oc1ccccc1C#N. The number of halogens is 1. The van der Waals surface area contributed by atoms with Gasteiger partial charge in [0.05, 0.1) is 5.56 Å². The first-order valence-electron chi connectivity index (χ1n) is 5.14. The minimum Gasteiger partial charge on any atom is -0.456 e. The van der Waals surface area contributed by atoms with Crippen molar-refractivity contribution in [3.05, 3.63) is 58.1 Å². The van der Waals surface area contributed by atoms with E-state index in [1.54, 1.807) is 12.1 Å². The monoisotopic (exact) mass is 287 g/mol. The Hall–Kier alpha value is -1.79. The van der Waals surface area contributed by atoms with E-state index < -0.39 is 0 Å². The van der Waals surface area contributed by atoms with Crippen LogP contribution < -0.4 is 4.74 Å². The van der Waals surface area contributed by atoms with E-state index in [2.05, 4.69) is 22.0 Å². The molecule has 0 atom stereocenters. The van der Waals surface area contributed by atoms with Gasteiger partial charge in [0.1, 0.15) is 17.6 Å². The van der Waals surface area contributed by atoms with Gasteiger partial charge in [-0.25, -0.2) is 0 Å². The molecule has 17 heavy (non-hydrogen) atoms. The molecule has 0 bridgehead atoms. The van der Waals surface area contributed by atoms with E-state index >= 15 is 0 Å². The van der Waals surface area contributed by atoms with E-state index in [1.165, 1.54) is 0 Å². The second-order valence-corrected chi connectivity index (χ2v) is 4.54. The van der Waals surface area contributed by atoms with Gasteiger partial charge in [-0.3, -0.25) is 0 Å². The maximum Gasteiger partial charge on any atom is 0.145 e. The van der Waals surface area contributed by atoms with E-state index in [0.717, 1.165) is 15.8 Å². The minimum absolute atomic E-state index is 0.534. The lowest BCUT2D eigenvalue weighted by molar-refractivity contribution is 0.477. The van der Waals surface area contributed by atoms with E-state index in [-0.39, 0.29) is 0 Å². The first-order chi connectivity index (χ1) is 8.20. The molecule has 0 fully saturated rings. The molecule has 0 aliphatic heterocycles. The van der Waals surface area contributed by atoms with E-state index in [4.69, 9.17) is 10.00 Å². The van der Waals surface area contributed by atoms with Gasteiger partial charge in [0.25, 0.3) is 0 Å². The first kappa shape index (κ1) is 11.7. The van der Waals surface area contributed by atoms with Crippen molar-refractivity contribution < 1.29 is 4.74 Å². The normalized spacial score (nSPS) is 9.71. The second kappa shape index (κ2) is 5.03. The number of rotatable bonds is 2. The molecular formula is C14H10BrNO. The Kier molecular flexibility index (Phi) is 3.46. The number of ether oxygens (including phenoxy) is 1. The summed E-state index contributed by atoms with van der Waals surface area (Å²) >= 11 is 3.40. The third-order valence-corrected chi connectivity index (χ3v) is 2.87. The average molecular weight is 288 g/mol. The quantitative estimate of drug-likeness (QED) is 0.819. The Morgan fingerprint density at radius 1 is 1.12 bits per heavy atom. The zero-order chi connectivity index (χ0) is 12.3. The van der Waals surface area contributed by atoms with Crippen LogP contribution in [0.3, 0.4) is 0 Å². The fourth-order valence-corrected chi connectivity index (χ4v) is 1.79. The van der Waals surface area contributed by atoms with Crippen molar-refractivity contribution in [1.82, 2.24) is 0 Å². The van der Waals surface area contributed by atoms with Crippen molar-refractivity contribution in [2.75, 3.05) is 0 Å². The third kappa shape index (κ3) is 2.66. The summed E-state index contributed by atoms with van der Waals surface area (Å²) in [6.07, 6.45) is 0. The molecule has 0 aromatic heterocycles. The molecule has 0 aliphatic rings. The summed E-state index contributed by atoms with van der Waals surface area (Å²) in [6.45, 7) is 1.97. The maximum atomic E-state index is 8.98. The van der Waals surface area contributed by atoms with Gasteiger partial charge in [0, 0.05) is 4.47 Å².